The van der Waals surface area contributed by atoms with Gasteiger partial charge in [-0.05, 0) is 44.4 Å². The lowest BCUT2D eigenvalue weighted by molar-refractivity contribution is -0.144. The highest BCUT2D eigenvalue weighted by atomic mass is 16.5. The molecule has 0 saturated heterocycles. The van der Waals surface area contributed by atoms with Crippen LogP contribution in [0.4, 0.5) is 0 Å². The fourth-order valence-electron chi connectivity index (χ4n) is 3.24. The van der Waals surface area contributed by atoms with Crippen LogP contribution in [0.1, 0.15) is 93.4 Å². The van der Waals surface area contributed by atoms with Crippen LogP contribution in [0.3, 0.4) is 0 Å². The normalized spacial score (nSPS) is 12.3. The Labute approximate surface area is 167 Å². The first kappa shape index (κ1) is 25.9. The maximum absolute atomic E-state index is 12.9. The molecular weight excluding hydrogens is 340 g/mol. The van der Waals surface area contributed by atoms with Gasteiger partial charge in [0, 0.05) is 19.5 Å². The molecule has 0 fully saturated rings. The zero-order chi connectivity index (χ0) is 20.9. The fraction of sp³-hybridized carbons (Fsp3) is 0.909. The molecule has 2 N–H and O–H groups in total. The average Bonchev–Trinajstić information content (AvgIpc) is 2.66. The molecule has 5 nitrogen and oxygen atoms in total. The Bertz CT molecular complexity index is 427. The molecule has 0 aliphatic heterocycles. The minimum absolute atomic E-state index is 0.0959. The van der Waals surface area contributed by atoms with Crippen molar-refractivity contribution >= 4 is 11.8 Å². The van der Waals surface area contributed by atoms with E-state index in [2.05, 4.69) is 52.2 Å². The second-order valence-electron chi connectivity index (χ2n) is 8.12. The van der Waals surface area contributed by atoms with Crippen molar-refractivity contribution < 1.29 is 14.3 Å². The Kier molecular flexibility index (Phi) is 12.6. The highest BCUT2D eigenvalue weighted by Gasteiger charge is 2.38. The maximum atomic E-state index is 12.9. The molecule has 0 atom stereocenters. The first-order chi connectivity index (χ1) is 12.7. The van der Waals surface area contributed by atoms with Gasteiger partial charge in [-0.25, -0.2) is 0 Å². The van der Waals surface area contributed by atoms with E-state index in [0.717, 1.165) is 38.5 Å². The van der Waals surface area contributed by atoms with E-state index in [-0.39, 0.29) is 17.4 Å². The summed E-state index contributed by atoms with van der Waals surface area (Å²) in [6.45, 7) is 16.3. The summed E-state index contributed by atoms with van der Waals surface area (Å²) in [6.07, 6.45) is 5.43. The van der Waals surface area contributed by atoms with Crippen LogP contribution in [0.25, 0.3) is 0 Å². The summed E-state index contributed by atoms with van der Waals surface area (Å²) >= 11 is 0. The van der Waals surface area contributed by atoms with Crippen molar-refractivity contribution in [1.82, 2.24) is 10.6 Å². The van der Waals surface area contributed by atoms with Crippen molar-refractivity contribution in [2.24, 2.45) is 11.3 Å². The van der Waals surface area contributed by atoms with Gasteiger partial charge in [0.1, 0.15) is 0 Å². The van der Waals surface area contributed by atoms with Gasteiger partial charge in [0.05, 0.1) is 17.6 Å². The van der Waals surface area contributed by atoms with Crippen LogP contribution >= 0.6 is 0 Å². The molecular formula is C22H44N2O3. The van der Waals surface area contributed by atoms with Crippen LogP contribution in [0, 0.1) is 11.3 Å². The van der Waals surface area contributed by atoms with Crippen molar-refractivity contribution in [3.63, 3.8) is 0 Å². The molecule has 0 aliphatic carbocycles. The van der Waals surface area contributed by atoms with Gasteiger partial charge >= 0.3 is 0 Å². The zero-order valence-corrected chi connectivity index (χ0v) is 18.9. The maximum Gasteiger partial charge on any atom is 0.228 e. The lowest BCUT2D eigenvalue weighted by atomic mass is 9.81. The van der Waals surface area contributed by atoms with Crippen LogP contribution in [-0.2, 0) is 14.3 Å². The highest BCUT2D eigenvalue weighted by Crippen LogP contribution is 2.32. The summed E-state index contributed by atoms with van der Waals surface area (Å²) in [7, 11) is 0. The average molecular weight is 385 g/mol. The lowest BCUT2D eigenvalue weighted by Gasteiger charge is -2.38. The van der Waals surface area contributed by atoms with Gasteiger partial charge in [0.25, 0.3) is 0 Å². The van der Waals surface area contributed by atoms with Crippen LogP contribution in [0.15, 0.2) is 0 Å². The highest BCUT2D eigenvalue weighted by molar-refractivity contribution is 5.82. The van der Waals surface area contributed by atoms with Crippen molar-refractivity contribution in [3.8, 4) is 0 Å². The summed E-state index contributed by atoms with van der Waals surface area (Å²) in [5.74, 6) is 0.625. The molecule has 0 aromatic rings. The van der Waals surface area contributed by atoms with Gasteiger partial charge in [-0.1, -0.05) is 48.5 Å². The molecule has 27 heavy (non-hydrogen) atoms. The molecule has 0 aliphatic rings. The van der Waals surface area contributed by atoms with Gasteiger partial charge < -0.3 is 15.4 Å². The Hall–Kier alpha value is -1.10. The van der Waals surface area contributed by atoms with Crippen molar-refractivity contribution in [3.05, 3.63) is 0 Å². The standard InChI is InChI=1S/C22H44N2O3/c1-8-13-19(25)23-15-14-22(11-4,12-5)27-17-21(9-2,10-3)20(26)24-16-18(6)7/h18H,8-17H2,1-7H3,(H,23,25)(H,24,26). The molecule has 0 radical (unpaired) electrons. The van der Waals surface area contributed by atoms with E-state index in [1.165, 1.54) is 0 Å². The molecule has 0 heterocycles. The SMILES string of the molecule is CCCC(=O)NCCC(CC)(CC)OCC(CC)(CC)C(=O)NCC(C)C. The lowest BCUT2D eigenvalue weighted by Crippen LogP contribution is -2.47. The predicted molar refractivity (Wildman–Crippen MR) is 113 cm³/mol. The Morgan fingerprint density at radius 2 is 1.52 bits per heavy atom. The topological polar surface area (TPSA) is 67.4 Å². The molecule has 2 amide bonds. The van der Waals surface area contributed by atoms with Gasteiger partial charge in [0.15, 0.2) is 0 Å². The smallest absolute Gasteiger partial charge is 0.228 e. The predicted octanol–water partition coefficient (Wildman–Crippen LogP) is 4.45. The number of amides is 2. The second kappa shape index (κ2) is 13.1. The first-order valence-electron chi connectivity index (χ1n) is 10.9. The quantitative estimate of drug-likeness (QED) is 0.438. The minimum atomic E-state index is -0.490. The third kappa shape index (κ3) is 8.63. The summed E-state index contributed by atoms with van der Waals surface area (Å²) < 4.78 is 6.43. The van der Waals surface area contributed by atoms with Crippen LogP contribution < -0.4 is 10.6 Å². The third-order valence-electron chi connectivity index (χ3n) is 5.83. The molecule has 0 saturated carbocycles. The van der Waals surface area contributed by atoms with Gasteiger partial charge in [-0.2, -0.15) is 0 Å². The van der Waals surface area contributed by atoms with Crippen molar-refractivity contribution in [2.75, 3.05) is 19.7 Å². The summed E-state index contributed by atoms with van der Waals surface area (Å²) in [4.78, 5) is 24.6. The van der Waals surface area contributed by atoms with Gasteiger partial charge in [-0.3, -0.25) is 9.59 Å². The van der Waals surface area contributed by atoms with E-state index >= 15 is 0 Å². The summed E-state index contributed by atoms with van der Waals surface area (Å²) in [5, 5.41) is 6.08. The molecule has 0 bridgehead atoms. The van der Waals surface area contributed by atoms with Crippen LogP contribution in [0.5, 0.6) is 0 Å². The molecule has 0 unspecified atom stereocenters. The number of ether oxygens (including phenoxy) is 1. The Balaban J connectivity index is 4.97. The van der Waals surface area contributed by atoms with Crippen LogP contribution in [0.2, 0.25) is 0 Å². The molecule has 0 rings (SSSR count). The third-order valence-corrected chi connectivity index (χ3v) is 5.83. The van der Waals surface area contributed by atoms with Gasteiger partial charge in [-0.15, -0.1) is 0 Å². The Morgan fingerprint density at radius 1 is 0.926 bits per heavy atom. The van der Waals surface area contributed by atoms with Crippen LogP contribution in [-0.4, -0.2) is 37.1 Å². The van der Waals surface area contributed by atoms with E-state index in [1.54, 1.807) is 0 Å². The van der Waals surface area contributed by atoms with E-state index in [4.69, 9.17) is 4.74 Å². The Morgan fingerprint density at radius 3 is 1.96 bits per heavy atom. The molecule has 0 aromatic heterocycles. The van der Waals surface area contributed by atoms with E-state index in [0.29, 0.717) is 32.0 Å². The fourth-order valence-corrected chi connectivity index (χ4v) is 3.24. The second-order valence-corrected chi connectivity index (χ2v) is 8.12. The largest absolute Gasteiger partial charge is 0.374 e. The number of hydrogen-bond donors (Lipinski definition) is 2. The number of hydrogen-bond acceptors (Lipinski definition) is 3. The van der Waals surface area contributed by atoms with Crippen molar-refractivity contribution in [2.45, 2.75) is 99.0 Å². The molecule has 5 heteroatoms. The molecule has 0 aromatic carbocycles. The molecule has 160 valence electrons. The number of carbonyl (C=O) groups excluding carboxylic acids is 2. The van der Waals surface area contributed by atoms with Crippen molar-refractivity contribution in [1.29, 1.82) is 0 Å². The number of carbonyl (C=O) groups is 2. The number of rotatable bonds is 15. The summed E-state index contributed by atoms with van der Waals surface area (Å²) in [6, 6.07) is 0. The first-order valence-corrected chi connectivity index (χ1v) is 10.9. The van der Waals surface area contributed by atoms with E-state index in [9.17, 15) is 9.59 Å². The summed E-state index contributed by atoms with van der Waals surface area (Å²) in [5.41, 5.74) is -0.788. The number of nitrogens with one attached hydrogen (secondary N) is 2. The zero-order valence-electron chi connectivity index (χ0n) is 18.9. The van der Waals surface area contributed by atoms with E-state index in [1.807, 2.05) is 6.92 Å². The van der Waals surface area contributed by atoms with Gasteiger partial charge in [0.2, 0.25) is 11.8 Å². The molecule has 0 spiro atoms. The monoisotopic (exact) mass is 384 g/mol. The minimum Gasteiger partial charge on any atom is -0.374 e. The van der Waals surface area contributed by atoms with E-state index < -0.39 is 5.41 Å².